The van der Waals surface area contributed by atoms with Crippen LogP contribution in [-0.4, -0.2) is 21.9 Å². The highest BCUT2D eigenvalue weighted by atomic mass is 32.1. The first-order chi connectivity index (χ1) is 9.37. The fourth-order valence-electron chi connectivity index (χ4n) is 2.36. The predicted molar refractivity (Wildman–Crippen MR) is 86.6 cm³/mol. The molecular formula is C16H25N3S. The molecule has 0 unspecified atom stereocenters. The largest absolute Gasteiger partial charge is 0.312 e. The molecule has 3 nitrogen and oxygen atoms in total. The fraction of sp³-hybridized carbons (Fsp3) is 0.562. The normalized spacial score (nSPS) is 12.1. The van der Waals surface area contributed by atoms with Crippen molar-refractivity contribution in [3.8, 4) is 0 Å². The Hall–Kier alpha value is -1.13. The number of nitrogens with one attached hydrogen (secondary N) is 1. The summed E-state index contributed by atoms with van der Waals surface area (Å²) in [6, 6.07) is 4.27. The summed E-state index contributed by atoms with van der Waals surface area (Å²) in [4.78, 5) is 1.36. The Morgan fingerprint density at radius 2 is 2.05 bits per heavy atom. The predicted octanol–water partition coefficient (Wildman–Crippen LogP) is 3.54. The maximum absolute atomic E-state index is 4.70. The molecule has 2 rings (SSSR count). The van der Waals surface area contributed by atoms with E-state index in [1.807, 2.05) is 0 Å². The van der Waals surface area contributed by atoms with Gasteiger partial charge in [0.2, 0.25) is 0 Å². The highest BCUT2D eigenvalue weighted by Crippen LogP contribution is 2.17. The van der Waals surface area contributed by atoms with Gasteiger partial charge in [-0.15, -0.1) is 11.3 Å². The van der Waals surface area contributed by atoms with Gasteiger partial charge in [-0.3, -0.25) is 4.68 Å². The second-order valence-electron chi connectivity index (χ2n) is 6.31. The number of aryl methyl sites for hydroxylation is 1. The van der Waals surface area contributed by atoms with Crippen molar-refractivity contribution in [1.82, 2.24) is 15.1 Å². The molecule has 2 heterocycles. The van der Waals surface area contributed by atoms with Crippen LogP contribution in [-0.2, 0) is 13.0 Å². The van der Waals surface area contributed by atoms with Gasteiger partial charge >= 0.3 is 0 Å². The summed E-state index contributed by atoms with van der Waals surface area (Å²) in [5.74, 6) is 0. The highest BCUT2D eigenvalue weighted by Gasteiger charge is 2.13. The van der Waals surface area contributed by atoms with Crippen LogP contribution >= 0.6 is 11.3 Å². The van der Waals surface area contributed by atoms with E-state index >= 15 is 0 Å². The third-order valence-corrected chi connectivity index (χ3v) is 4.31. The van der Waals surface area contributed by atoms with Crippen molar-refractivity contribution < 1.29 is 0 Å². The smallest absolute Gasteiger partial charge is 0.0755 e. The molecule has 0 aromatic carbocycles. The minimum absolute atomic E-state index is 0.175. The topological polar surface area (TPSA) is 29.9 Å². The van der Waals surface area contributed by atoms with Crippen LogP contribution in [0.5, 0.6) is 0 Å². The van der Waals surface area contributed by atoms with Crippen molar-refractivity contribution in [2.75, 3.05) is 6.54 Å². The van der Waals surface area contributed by atoms with E-state index in [1.165, 1.54) is 16.1 Å². The quantitative estimate of drug-likeness (QED) is 0.913. The van der Waals surface area contributed by atoms with Gasteiger partial charge in [0.25, 0.3) is 0 Å². The summed E-state index contributed by atoms with van der Waals surface area (Å²) in [6.07, 6.45) is 1.04. The van der Waals surface area contributed by atoms with Gasteiger partial charge in [-0.1, -0.05) is 6.07 Å². The van der Waals surface area contributed by atoms with Crippen LogP contribution in [0.15, 0.2) is 17.5 Å². The van der Waals surface area contributed by atoms with Gasteiger partial charge in [0.15, 0.2) is 0 Å². The van der Waals surface area contributed by atoms with Gasteiger partial charge in [0, 0.05) is 16.1 Å². The minimum Gasteiger partial charge on any atom is -0.312 e. The second-order valence-corrected chi connectivity index (χ2v) is 7.35. The van der Waals surface area contributed by atoms with Gasteiger partial charge in [-0.25, -0.2) is 0 Å². The number of rotatable bonds is 5. The number of thiophene rings is 1. The summed E-state index contributed by atoms with van der Waals surface area (Å²) < 4.78 is 2.13. The average molecular weight is 291 g/mol. The van der Waals surface area contributed by atoms with Crippen LogP contribution in [0.3, 0.4) is 0 Å². The second kappa shape index (κ2) is 6.10. The molecule has 0 aliphatic rings. The summed E-state index contributed by atoms with van der Waals surface area (Å²) in [5, 5.41) is 10.4. The van der Waals surface area contributed by atoms with Crippen LogP contribution in [0.2, 0.25) is 0 Å². The van der Waals surface area contributed by atoms with E-state index in [-0.39, 0.29) is 5.54 Å². The van der Waals surface area contributed by atoms with Crippen molar-refractivity contribution in [3.63, 3.8) is 0 Å². The molecule has 0 bridgehead atoms. The molecule has 0 aliphatic carbocycles. The molecule has 0 amide bonds. The van der Waals surface area contributed by atoms with Crippen LogP contribution < -0.4 is 5.32 Å². The van der Waals surface area contributed by atoms with E-state index in [2.05, 4.69) is 62.1 Å². The van der Waals surface area contributed by atoms with Crippen molar-refractivity contribution in [2.24, 2.45) is 0 Å². The number of hydrogen-bond donors (Lipinski definition) is 1. The maximum Gasteiger partial charge on any atom is 0.0755 e. The Balaban J connectivity index is 2.05. The molecule has 0 fully saturated rings. The minimum atomic E-state index is 0.175. The zero-order valence-electron chi connectivity index (χ0n) is 13.2. The van der Waals surface area contributed by atoms with Crippen LogP contribution in [0.25, 0.3) is 0 Å². The average Bonchev–Trinajstić information content (AvgIpc) is 2.92. The molecule has 2 aromatic rings. The van der Waals surface area contributed by atoms with Crippen LogP contribution in [0.1, 0.15) is 42.6 Å². The van der Waals surface area contributed by atoms with Gasteiger partial charge < -0.3 is 5.32 Å². The lowest BCUT2D eigenvalue weighted by Gasteiger charge is -2.20. The molecule has 0 saturated heterocycles. The summed E-state index contributed by atoms with van der Waals surface area (Å²) in [5.41, 5.74) is 4.02. The zero-order chi connectivity index (χ0) is 14.8. The number of aromatic nitrogens is 2. The molecule has 0 radical (unpaired) electrons. The monoisotopic (exact) mass is 291 g/mol. The third kappa shape index (κ3) is 3.93. The van der Waals surface area contributed by atoms with E-state index in [0.717, 1.165) is 25.2 Å². The SMILES string of the molecule is Cc1nn(Cc2cccs2)c(C)c1CCNC(C)(C)C. The first-order valence-electron chi connectivity index (χ1n) is 7.17. The lowest BCUT2D eigenvalue weighted by atomic mass is 10.1. The standard InChI is InChI=1S/C16H25N3S/c1-12-15(8-9-17-16(3,4)5)13(2)19(18-12)11-14-7-6-10-20-14/h6-7,10,17H,8-9,11H2,1-5H3. The van der Waals surface area contributed by atoms with Crippen molar-refractivity contribution in [2.45, 2.75) is 53.1 Å². The van der Waals surface area contributed by atoms with Crippen molar-refractivity contribution >= 4 is 11.3 Å². The van der Waals surface area contributed by atoms with Crippen LogP contribution in [0.4, 0.5) is 0 Å². The summed E-state index contributed by atoms with van der Waals surface area (Å²) in [6.45, 7) is 12.8. The zero-order valence-corrected chi connectivity index (χ0v) is 14.0. The van der Waals surface area contributed by atoms with Gasteiger partial charge in [-0.2, -0.15) is 5.10 Å². The van der Waals surface area contributed by atoms with Crippen molar-refractivity contribution in [1.29, 1.82) is 0 Å². The van der Waals surface area contributed by atoms with E-state index in [4.69, 9.17) is 5.10 Å². The molecule has 20 heavy (non-hydrogen) atoms. The Morgan fingerprint density at radius 1 is 1.30 bits per heavy atom. The Labute approximate surface area is 126 Å². The lowest BCUT2D eigenvalue weighted by molar-refractivity contribution is 0.429. The Bertz CT molecular complexity index is 547. The lowest BCUT2D eigenvalue weighted by Crippen LogP contribution is -2.37. The Kier molecular flexibility index (Phi) is 4.66. The van der Waals surface area contributed by atoms with Crippen LogP contribution in [0, 0.1) is 13.8 Å². The number of hydrogen-bond acceptors (Lipinski definition) is 3. The molecule has 0 saturated carbocycles. The van der Waals surface area contributed by atoms with Gasteiger partial charge in [0.1, 0.15) is 0 Å². The Morgan fingerprint density at radius 3 is 2.65 bits per heavy atom. The first-order valence-corrected chi connectivity index (χ1v) is 8.05. The molecule has 1 N–H and O–H groups in total. The molecule has 0 spiro atoms. The van der Waals surface area contributed by atoms with E-state index in [9.17, 15) is 0 Å². The first kappa shape index (κ1) is 15.3. The van der Waals surface area contributed by atoms with E-state index in [0.29, 0.717) is 0 Å². The molecule has 0 aliphatic heterocycles. The maximum atomic E-state index is 4.70. The molecular weight excluding hydrogens is 266 g/mol. The highest BCUT2D eigenvalue weighted by molar-refractivity contribution is 7.09. The van der Waals surface area contributed by atoms with E-state index in [1.54, 1.807) is 11.3 Å². The van der Waals surface area contributed by atoms with Crippen molar-refractivity contribution in [3.05, 3.63) is 39.3 Å². The third-order valence-electron chi connectivity index (χ3n) is 3.45. The summed E-state index contributed by atoms with van der Waals surface area (Å²) in [7, 11) is 0. The molecule has 4 heteroatoms. The van der Waals surface area contributed by atoms with E-state index < -0.39 is 0 Å². The number of nitrogens with zero attached hydrogens (tertiary/aromatic N) is 2. The molecule has 2 aromatic heterocycles. The van der Waals surface area contributed by atoms with Gasteiger partial charge in [-0.05, 0) is 64.6 Å². The molecule has 110 valence electrons. The summed E-state index contributed by atoms with van der Waals surface area (Å²) >= 11 is 1.79. The van der Waals surface area contributed by atoms with Gasteiger partial charge in [0.05, 0.1) is 12.2 Å². The fourth-order valence-corrected chi connectivity index (χ4v) is 3.05. The molecule has 0 atom stereocenters.